The van der Waals surface area contributed by atoms with Crippen LogP contribution in [-0.4, -0.2) is 20.3 Å². The van der Waals surface area contributed by atoms with Gasteiger partial charge in [-0.25, -0.2) is 0 Å². The summed E-state index contributed by atoms with van der Waals surface area (Å²) in [6.07, 6.45) is 1.02. The zero-order valence-electron chi connectivity index (χ0n) is 13.1. The Morgan fingerprint density at radius 2 is 1.74 bits per heavy atom. The van der Waals surface area contributed by atoms with Crippen LogP contribution in [0.2, 0.25) is 0 Å². The summed E-state index contributed by atoms with van der Waals surface area (Å²) in [4.78, 5) is 0. The fourth-order valence-corrected chi connectivity index (χ4v) is 3.33. The molecule has 0 spiro atoms. The first-order chi connectivity index (χ1) is 11.3. The predicted molar refractivity (Wildman–Crippen MR) is 86.6 cm³/mol. The maximum absolute atomic E-state index is 6.36. The van der Waals surface area contributed by atoms with Gasteiger partial charge in [0.1, 0.15) is 23.5 Å². The van der Waals surface area contributed by atoms with Crippen molar-refractivity contribution in [3.05, 3.63) is 65.9 Å². The standard InChI is InChI=1S/C19H18O4/c1-20-18-14-8-9-15-13(10-11-22-15)17(14)23-16(19(18)21-2)12-6-4-3-5-7-12/h3-11,16,18-19H,1-2H3/t16-,18-,19-/m1/s1. The molecule has 0 amide bonds. The van der Waals surface area contributed by atoms with Crippen LogP contribution >= 0.6 is 0 Å². The number of rotatable bonds is 3. The number of hydrogen-bond acceptors (Lipinski definition) is 4. The highest BCUT2D eigenvalue weighted by atomic mass is 16.6. The molecule has 1 aliphatic rings. The molecule has 4 heteroatoms. The van der Waals surface area contributed by atoms with E-state index in [0.717, 1.165) is 27.8 Å². The zero-order chi connectivity index (χ0) is 15.8. The van der Waals surface area contributed by atoms with E-state index in [0.29, 0.717) is 0 Å². The molecule has 0 unspecified atom stereocenters. The van der Waals surface area contributed by atoms with E-state index >= 15 is 0 Å². The number of furan rings is 1. The van der Waals surface area contributed by atoms with E-state index in [2.05, 4.69) is 0 Å². The molecule has 0 bridgehead atoms. The smallest absolute Gasteiger partial charge is 0.153 e. The molecule has 2 aromatic carbocycles. The van der Waals surface area contributed by atoms with Crippen LogP contribution < -0.4 is 4.74 Å². The number of benzene rings is 2. The Morgan fingerprint density at radius 3 is 2.48 bits per heavy atom. The highest BCUT2D eigenvalue weighted by molar-refractivity contribution is 5.86. The Bertz CT molecular complexity index is 809. The first-order valence-corrected chi connectivity index (χ1v) is 7.60. The van der Waals surface area contributed by atoms with E-state index in [1.165, 1.54) is 0 Å². The van der Waals surface area contributed by atoms with Crippen molar-refractivity contribution >= 4 is 11.0 Å². The molecule has 0 saturated heterocycles. The van der Waals surface area contributed by atoms with Gasteiger partial charge in [-0.3, -0.25) is 0 Å². The van der Waals surface area contributed by atoms with Crippen LogP contribution in [0.4, 0.5) is 0 Å². The van der Waals surface area contributed by atoms with Gasteiger partial charge in [-0.05, 0) is 23.8 Å². The second-order valence-corrected chi connectivity index (χ2v) is 5.62. The molecule has 118 valence electrons. The fraction of sp³-hybridized carbons (Fsp3) is 0.263. The summed E-state index contributed by atoms with van der Waals surface area (Å²) in [6.45, 7) is 0. The van der Waals surface area contributed by atoms with Crippen LogP contribution in [0.15, 0.2) is 59.2 Å². The van der Waals surface area contributed by atoms with E-state index < -0.39 is 0 Å². The van der Waals surface area contributed by atoms with Crippen LogP contribution in [0.25, 0.3) is 11.0 Å². The Kier molecular flexibility index (Phi) is 3.56. The molecule has 2 heterocycles. The Morgan fingerprint density at radius 1 is 0.913 bits per heavy atom. The summed E-state index contributed by atoms with van der Waals surface area (Å²) in [6, 6.07) is 15.9. The average Bonchev–Trinajstić information content (AvgIpc) is 3.09. The SMILES string of the molecule is CO[C@@H]1[C@@H](c2ccccc2)Oc2c(ccc3occc23)[C@H]1OC. The van der Waals surface area contributed by atoms with Gasteiger partial charge in [0.05, 0.1) is 11.6 Å². The molecule has 0 fully saturated rings. The first kappa shape index (κ1) is 14.3. The number of methoxy groups -OCH3 is 2. The molecule has 3 atom stereocenters. The van der Waals surface area contributed by atoms with Gasteiger partial charge in [0.15, 0.2) is 6.10 Å². The third-order valence-electron chi connectivity index (χ3n) is 4.42. The Hall–Kier alpha value is -2.30. The maximum atomic E-state index is 6.36. The molecular formula is C19H18O4. The molecule has 1 aliphatic heterocycles. The highest BCUT2D eigenvalue weighted by Gasteiger charge is 2.40. The largest absolute Gasteiger partial charge is 0.482 e. The zero-order valence-corrected chi connectivity index (χ0v) is 13.1. The Balaban J connectivity index is 1.89. The van der Waals surface area contributed by atoms with Crippen LogP contribution in [0.1, 0.15) is 23.3 Å². The van der Waals surface area contributed by atoms with Crippen molar-refractivity contribution in [3.63, 3.8) is 0 Å². The lowest BCUT2D eigenvalue weighted by Gasteiger charge is -2.38. The van der Waals surface area contributed by atoms with Crippen molar-refractivity contribution < 1.29 is 18.6 Å². The van der Waals surface area contributed by atoms with Gasteiger partial charge >= 0.3 is 0 Å². The van der Waals surface area contributed by atoms with E-state index in [-0.39, 0.29) is 18.3 Å². The maximum Gasteiger partial charge on any atom is 0.153 e. The lowest BCUT2D eigenvalue weighted by atomic mass is 9.91. The monoisotopic (exact) mass is 310 g/mol. The second kappa shape index (κ2) is 5.72. The van der Waals surface area contributed by atoms with Gasteiger partial charge in [-0.1, -0.05) is 30.3 Å². The minimum atomic E-state index is -0.237. The Labute approximate surface area is 134 Å². The quantitative estimate of drug-likeness (QED) is 0.724. The summed E-state index contributed by atoms with van der Waals surface area (Å²) in [5.74, 6) is 0.810. The summed E-state index contributed by atoms with van der Waals surface area (Å²) in [7, 11) is 3.39. The van der Waals surface area contributed by atoms with Crippen molar-refractivity contribution in [2.75, 3.05) is 14.2 Å². The number of fused-ring (bicyclic) bond motifs is 3. The van der Waals surface area contributed by atoms with Crippen molar-refractivity contribution in [2.24, 2.45) is 0 Å². The minimum absolute atomic E-state index is 0.201. The van der Waals surface area contributed by atoms with Crippen LogP contribution in [0.5, 0.6) is 5.75 Å². The van der Waals surface area contributed by atoms with Gasteiger partial charge in [0.2, 0.25) is 0 Å². The number of hydrogen-bond donors (Lipinski definition) is 0. The lowest BCUT2D eigenvalue weighted by Crippen LogP contribution is -2.36. The van der Waals surface area contributed by atoms with Crippen molar-refractivity contribution in [1.29, 1.82) is 0 Å². The van der Waals surface area contributed by atoms with Gasteiger partial charge in [0.25, 0.3) is 0 Å². The molecule has 3 aromatic rings. The second-order valence-electron chi connectivity index (χ2n) is 5.62. The normalized spacial score (nSPS) is 23.5. The third-order valence-corrected chi connectivity index (χ3v) is 4.42. The van der Waals surface area contributed by atoms with E-state index in [1.54, 1.807) is 20.5 Å². The molecule has 4 nitrogen and oxygen atoms in total. The summed E-state index contributed by atoms with van der Waals surface area (Å²) in [5, 5.41) is 0.958. The molecule has 1 aromatic heterocycles. The molecule has 0 aliphatic carbocycles. The molecule has 0 N–H and O–H groups in total. The van der Waals surface area contributed by atoms with Crippen LogP contribution in [-0.2, 0) is 9.47 Å². The molecule has 23 heavy (non-hydrogen) atoms. The first-order valence-electron chi connectivity index (χ1n) is 7.60. The lowest BCUT2D eigenvalue weighted by molar-refractivity contribution is -0.105. The molecule has 4 rings (SSSR count). The molecule has 0 saturated carbocycles. The van der Waals surface area contributed by atoms with Crippen molar-refractivity contribution in [1.82, 2.24) is 0 Å². The summed E-state index contributed by atoms with van der Waals surface area (Å²) >= 11 is 0. The van der Waals surface area contributed by atoms with Gasteiger partial charge < -0.3 is 18.6 Å². The average molecular weight is 310 g/mol. The van der Waals surface area contributed by atoms with Crippen molar-refractivity contribution in [3.8, 4) is 5.75 Å². The van der Waals surface area contributed by atoms with E-state index in [9.17, 15) is 0 Å². The van der Waals surface area contributed by atoms with E-state index in [4.69, 9.17) is 18.6 Å². The van der Waals surface area contributed by atoms with Gasteiger partial charge in [0, 0.05) is 19.8 Å². The van der Waals surface area contributed by atoms with Crippen molar-refractivity contribution in [2.45, 2.75) is 18.3 Å². The topological polar surface area (TPSA) is 40.8 Å². The number of ether oxygens (including phenoxy) is 3. The highest BCUT2D eigenvalue weighted by Crippen LogP contribution is 2.47. The predicted octanol–water partition coefficient (Wildman–Crippen LogP) is 4.27. The molecular weight excluding hydrogens is 292 g/mol. The fourth-order valence-electron chi connectivity index (χ4n) is 3.33. The van der Waals surface area contributed by atoms with E-state index in [1.807, 2.05) is 48.5 Å². The molecule has 0 radical (unpaired) electrons. The third kappa shape index (κ3) is 2.22. The summed E-state index contributed by atoms with van der Waals surface area (Å²) < 4.78 is 23.4. The van der Waals surface area contributed by atoms with Crippen LogP contribution in [0.3, 0.4) is 0 Å². The minimum Gasteiger partial charge on any atom is -0.482 e. The van der Waals surface area contributed by atoms with Crippen LogP contribution in [0, 0.1) is 0 Å². The summed E-state index contributed by atoms with van der Waals surface area (Å²) in [5.41, 5.74) is 2.86. The van der Waals surface area contributed by atoms with Gasteiger partial charge in [-0.2, -0.15) is 0 Å². The van der Waals surface area contributed by atoms with Gasteiger partial charge in [-0.15, -0.1) is 0 Å².